The molecule has 0 aromatic heterocycles. The Morgan fingerprint density at radius 3 is 2.58 bits per heavy atom. The minimum Gasteiger partial charge on any atom is -0.507 e. The van der Waals surface area contributed by atoms with Crippen LogP contribution in [0.2, 0.25) is 5.02 Å². The van der Waals surface area contributed by atoms with Crippen LogP contribution in [0.4, 0.5) is 0 Å². The Kier molecular flexibility index (Phi) is 8.00. The first kappa shape index (κ1) is 24.6. The number of hydrogen-bond acceptors (Lipinski definition) is 6. The van der Waals surface area contributed by atoms with Crippen molar-refractivity contribution in [1.29, 1.82) is 0 Å². The van der Waals surface area contributed by atoms with Gasteiger partial charge in [-0.1, -0.05) is 23.7 Å². The molecule has 1 N–H and O–H groups in total. The molecule has 2 aromatic rings. The predicted octanol–water partition coefficient (Wildman–Crippen LogP) is 4.59. The average Bonchev–Trinajstić information content (AvgIpc) is 3.03. The standard InChI is InChI=1S/C25H28ClNO6/c1-15(2)33-18-8-5-7-16(13-18)22-21(24(29)25(30)27(22)11-6-12-31-3)23(28)19-14-17(26)9-10-20(19)32-4/h5,7-10,13-15,22,28H,6,11-12H2,1-4H3/b23-21+. The molecule has 1 atom stereocenters. The van der Waals surface area contributed by atoms with Crippen molar-refractivity contribution in [3.05, 3.63) is 64.2 Å². The van der Waals surface area contributed by atoms with Gasteiger partial charge in [0.1, 0.15) is 17.3 Å². The Morgan fingerprint density at radius 1 is 1.15 bits per heavy atom. The lowest BCUT2D eigenvalue weighted by Gasteiger charge is -2.26. The van der Waals surface area contributed by atoms with Gasteiger partial charge in [0.2, 0.25) is 0 Å². The van der Waals surface area contributed by atoms with E-state index in [1.807, 2.05) is 13.8 Å². The van der Waals surface area contributed by atoms with E-state index in [-0.39, 0.29) is 29.5 Å². The maximum absolute atomic E-state index is 13.1. The molecule has 2 aromatic carbocycles. The lowest BCUT2D eigenvalue weighted by molar-refractivity contribution is -0.140. The molecule has 1 unspecified atom stereocenters. The van der Waals surface area contributed by atoms with Crippen LogP contribution >= 0.6 is 11.6 Å². The minimum absolute atomic E-state index is 0.0281. The lowest BCUT2D eigenvalue weighted by Crippen LogP contribution is -2.31. The summed E-state index contributed by atoms with van der Waals surface area (Å²) in [5.41, 5.74) is 0.853. The van der Waals surface area contributed by atoms with Gasteiger partial charge in [0.05, 0.1) is 30.4 Å². The number of halogens is 1. The highest BCUT2D eigenvalue weighted by atomic mass is 35.5. The second-order valence-corrected chi connectivity index (χ2v) is 8.36. The van der Waals surface area contributed by atoms with Gasteiger partial charge in [0, 0.05) is 25.3 Å². The zero-order valence-electron chi connectivity index (χ0n) is 19.1. The number of Topliss-reactive ketones (excluding diaryl/α,β-unsaturated/α-hetero) is 1. The summed E-state index contributed by atoms with van der Waals surface area (Å²) in [5.74, 6) is -0.869. The van der Waals surface area contributed by atoms with E-state index in [4.69, 9.17) is 25.8 Å². The van der Waals surface area contributed by atoms with Crippen LogP contribution in [0.5, 0.6) is 11.5 Å². The van der Waals surface area contributed by atoms with E-state index in [1.54, 1.807) is 43.5 Å². The Morgan fingerprint density at radius 2 is 1.91 bits per heavy atom. The highest BCUT2D eigenvalue weighted by Gasteiger charge is 2.46. The third-order valence-electron chi connectivity index (χ3n) is 5.25. The van der Waals surface area contributed by atoms with E-state index in [0.29, 0.717) is 35.1 Å². The number of hydrogen-bond donors (Lipinski definition) is 1. The molecule has 1 aliphatic heterocycles. The fraction of sp³-hybridized carbons (Fsp3) is 0.360. The summed E-state index contributed by atoms with van der Waals surface area (Å²) >= 11 is 6.14. The number of nitrogens with zero attached hydrogens (tertiary/aromatic N) is 1. The maximum Gasteiger partial charge on any atom is 0.295 e. The van der Waals surface area contributed by atoms with Crippen molar-refractivity contribution in [2.24, 2.45) is 0 Å². The molecule has 0 aliphatic carbocycles. The van der Waals surface area contributed by atoms with Crippen LogP contribution in [-0.4, -0.2) is 55.2 Å². The van der Waals surface area contributed by atoms with Crippen molar-refractivity contribution < 1.29 is 28.9 Å². The first-order valence-electron chi connectivity index (χ1n) is 10.7. The first-order chi connectivity index (χ1) is 15.8. The van der Waals surface area contributed by atoms with Crippen molar-refractivity contribution >= 4 is 29.1 Å². The van der Waals surface area contributed by atoms with E-state index < -0.39 is 17.7 Å². The smallest absolute Gasteiger partial charge is 0.295 e. The molecule has 0 radical (unpaired) electrons. The molecule has 1 heterocycles. The summed E-state index contributed by atoms with van der Waals surface area (Å²) in [6, 6.07) is 11.1. The number of aliphatic hydroxyl groups is 1. The molecule has 1 saturated heterocycles. The third kappa shape index (κ3) is 5.31. The Labute approximate surface area is 198 Å². The Bertz CT molecular complexity index is 1060. The van der Waals surface area contributed by atoms with Crippen molar-refractivity contribution in [3.63, 3.8) is 0 Å². The largest absolute Gasteiger partial charge is 0.507 e. The van der Waals surface area contributed by atoms with Crippen LogP contribution in [0, 0.1) is 0 Å². The number of methoxy groups -OCH3 is 2. The monoisotopic (exact) mass is 473 g/mol. The molecule has 7 nitrogen and oxygen atoms in total. The molecule has 1 fully saturated rings. The van der Waals surface area contributed by atoms with Crippen LogP contribution in [0.3, 0.4) is 0 Å². The quantitative estimate of drug-likeness (QED) is 0.248. The van der Waals surface area contributed by atoms with E-state index in [1.165, 1.54) is 18.1 Å². The summed E-state index contributed by atoms with van der Waals surface area (Å²) in [6.45, 7) is 4.53. The normalized spacial score (nSPS) is 17.6. The van der Waals surface area contributed by atoms with Crippen LogP contribution in [0.15, 0.2) is 48.0 Å². The van der Waals surface area contributed by atoms with Gasteiger partial charge in [-0.15, -0.1) is 0 Å². The van der Waals surface area contributed by atoms with Crippen LogP contribution in [-0.2, 0) is 14.3 Å². The molecule has 0 bridgehead atoms. The van der Waals surface area contributed by atoms with Crippen molar-refractivity contribution in [2.45, 2.75) is 32.4 Å². The molecule has 176 valence electrons. The summed E-state index contributed by atoms with van der Waals surface area (Å²) in [6.07, 6.45) is 0.479. The second-order valence-electron chi connectivity index (χ2n) is 7.92. The van der Waals surface area contributed by atoms with Gasteiger partial charge >= 0.3 is 0 Å². The van der Waals surface area contributed by atoms with E-state index in [2.05, 4.69) is 0 Å². The van der Waals surface area contributed by atoms with Crippen molar-refractivity contribution in [2.75, 3.05) is 27.4 Å². The Balaban J connectivity index is 2.18. The SMILES string of the molecule is COCCCN1C(=O)C(=O)/C(=C(/O)c2cc(Cl)ccc2OC)C1c1cccc(OC(C)C)c1. The molecule has 1 aliphatic rings. The highest BCUT2D eigenvalue weighted by Crippen LogP contribution is 2.42. The van der Waals surface area contributed by atoms with Crippen LogP contribution in [0.1, 0.15) is 37.4 Å². The second kappa shape index (κ2) is 10.7. The number of aliphatic hydroxyl groups excluding tert-OH is 1. The summed E-state index contributed by atoms with van der Waals surface area (Å²) < 4.78 is 16.3. The first-order valence-corrected chi connectivity index (χ1v) is 11.0. The van der Waals surface area contributed by atoms with Crippen LogP contribution in [0.25, 0.3) is 5.76 Å². The molecule has 1 amide bonds. The lowest BCUT2D eigenvalue weighted by atomic mass is 9.94. The topological polar surface area (TPSA) is 85.3 Å². The Hall–Kier alpha value is -3.03. The van der Waals surface area contributed by atoms with Gasteiger partial charge in [-0.25, -0.2) is 0 Å². The van der Waals surface area contributed by atoms with Crippen molar-refractivity contribution in [1.82, 2.24) is 4.90 Å². The predicted molar refractivity (Wildman–Crippen MR) is 126 cm³/mol. The zero-order valence-corrected chi connectivity index (χ0v) is 19.9. The van der Waals surface area contributed by atoms with Gasteiger partial charge in [-0.05, 0) is 56.2 Å². The molecule has 0 saturated carbocycles. The number of ketones is 1. The fourth-order valence-corrected chi connectivity index (χ4v) is 4.05. The maximum atomic E-state index is 13.1. The van der Waals surface area contributed by atoms with Gasteiger partial charge in [-0.2, -0.15) is 0 Å². The van der Waals surface area contributed by atoms with E-state index >= 15 is 0 Å². The number of rotatable bonds is 9. The molecule has 3 rings (SSSR count). The van der Waals surface area contributed by atoms with Crippen LogP contribution < -0.4 is 9.47 Å². The number of carbonyl (C=O) groups is 2. The van der Waals surface area contributed by atoms with Crippen molar-refractivity contribution in [3.8, 4) is 11.5 Å². The summed E-state index contributed by atoms with van der Waals surface area (Å²) in [5, 5.41) is 11.6. The minimum atomic E-state index is -0.804. The molecular weight excluding hydrogens is 446 g/mol. The molecule has 8 heteroatoms. The molecular formula is C25H28ClNO6. The zero-order chi connectivity index (χ0) is 24.1. The molecule has 33 heavy (non-hydrogen) atoms. The number of benzene rings is 2. The van der Waals surface area contributed by atoms with E-state index in [9.17, 15) is 14.7 Å². The van der Waals surface area contributed by atoms with Gasteiger partial charge < -0.3 is 24.2 Å². The van der Waals surface area contributed by atoms with Gasteiger partial charge in [0.25, 0.3) is 11.7 Å². The average molecular weight is 474 g/mol. The number of ether oxygens (including phenoxy) is 3. The molecule has 0 spiro atoms. The third-order valence-corrected chi connectivity index (χ3v) is 5.48. The fourth-order valence-electron chi connectivity index (χ4n) is 3.88. The summed E-state index contributed by atoms with van der Waals surface area (Å²) in [7, 11) is 3.03. The van der Waals surface area contributed by atoms with Gasteiger partial charge in [0.15, 0.2) is 0 Å². The number of carbonyl (C=O) groups excluding carboxylic acids is 2. The number of likely N-dealkylation sites (tertiary alicyclic amines) is 1. The van der Waals surface area contributed by atoms with Gasteiger partial charge in [-0.3, -0.25) is 9.59 Å². The van der Waals surface area contributed by atoms with E-state index in [0.717, 1.165) is 0 Å². The number of amides is 1. The highest BCUT2D eigenvalue weighted by molar-refractivity contribution is 6.46. The summed E-state index contributed by atoms with van der Waals surface area (Å²) in [4.78, 5) is 27.6.